The summed E-state index contributed by atoms with van der Waals surface area (Å²) in [6.45, 7) is 2.40. The summed E-state index contributed by atoms with van der Waals surface area (Å²) in [4.78, 5) is 27.1. The van der Waals surface area contributed by atoms with Crippen LogP contribution in [-0.2, 0) is 16.1 Å². The molecule has 1 aromatic heterocycles. The molecule has 178 valence electrons. The van der Waals surface area contributed by atoms with Crippen LogP contribution in [0.4, 0.5) is 5.00 Å². The molecule has 0 saturated carbocycles. The zero-order valence-corrected chi connectivity index (χ0v) is 20.7. The molecule has 0 spiro atoms. The predicted molar refractivity (Wildman–Crippen MR) is 142 cm³/mol. The molecule has 2 N–H and O–H groups in total. The molecule has 4 rings (SSSR count). The Hall–Kier alpha value is -3.45. The first-order valence-electron chi connectivity index (χ1n) is 11.3. The monoisotopic (exact) mass is 504 g/mol. The van der Waals surface area contributed by atoms with Gasteiger partial charge in [-0.15, -0.1) is 11.3 Å². The number of anilines is 1. The Morgan fingerprint density at radius 3 is 2.29 bits per heavy atom. The minimum absolute atomic E-state index is 0.245. The first-order chi connectivity index (χ1) is 17.1. The fourth-order valence-corrected chi connectivity index (χ4v) is 4.89. The van der Waals surface area contributed by atoms with Gasteiger partial charge in [-0.1, -0.05) is 90.5 Å². The zero-order valence-electron chi connectivity index (χ0n) is 19.2. The van der Waals surface area contributed by atoms with Crippen molar-refractivity contribution in [1.29, 1.82) is 0 Å². The SMILES string of the molecule is CCOC(=O)c1cc(-c2ccccc2)sc1NC(=O)C(NCc1ccccc1Cl)c1ccccc1. The van der Waals surface area contributed by atoms with Crippen molar-refractivity contribution in [2.75, 3.05) is 11.9 Å². The molecule has 0 bridgehead atoms. The Morgan fingerprint density at radius 2 is 1.60 bits per heavy atom. The van der Waals surface area contributed by atoms with Gasteiger partial charge in [0.1, 0.15) is 11.0 Å². The van der Waals surface area contributed by atoms with E-state index in [1.54, 1.807) is 13.0 Å². The lowest BCUT2D eigenvalue weighted by Crippen LogP contribution is -2.33. The maximum Gasteiger partial charge on any atom is 0.341 e. The number of ether oxygens (including phenoxy) is 1. The van der Waals surface area contributed by atoms with E-state index in [9.17, 15) is 9.59 Å². The number of esters is 1. The second-order valence-corrected chi connectivity index (χ2v) is 9.20. The molecule has 5 nitrogen and oxygen atoms in total. The first kappa shape index (κ1) is 24.7. The highest BCUT2D eigenvalue weighted by Crippen LogP contribution is 2.36. The number of carbonyl (C=O) groups is 2. The predicted octanol–water partition coefficient (Wildman–Crippen LogP) is 6.71. The molecule has 7 heteroatoms. The van der Waals surface area contributed by atoms with Crippen LogP contribution in [0.2, 0.25) is 5.02 Å². The largest absolute Gasteiger partial charge is 0.462 e. The van der Waals surface area contributed by atoms with Crippen molar-refractivity contribution in [2.24, 2.45) is 0 Å². The molecule has 1 unspecified atom stereocenters. The van der Waals surface area contributed by atoms with Crippen LogP contribution in [0.15, 0.2) is 91.0 Å². The Morgan fingerprint density at radius 1 is 0.943 bits per heavy atom. The fourth-order valence-electron chi connectivity index (χ4n) is 3.63. The van der Waals surface area contributed by atoms with Crippen LogP contribution in [-0.4, -0.2) is 18.5 Å². The maximum atomic E-state index is 13.5. The van der Waals surface area contributed by atoms with Crippen molar-refractivity contribution in [1.82, 2.24) is 5.32 Å². The van der Waals surface area contributed by atoms with Crippen molar-refractivity contribution < 1.29 is 14.3 Å². The lowest BCUT2D eigenvalue weighted by Gasteiger charge is -2.19. The van der Waals surface area contributed by atoms with E-state index in [1.165, 1.54) is 11.3 Å². The third kappa shape index (κ3) is 6.17. The zero-order chi connectivity index (χ0) is 24.6. The number of amides is 1. The summed E-state index contributed by atoms with van der Waals surface area (Å²) in [6.07, 6.45) is 0. The number of thiophene rings is 1. The van der Waals surface area contributed by atoms with E-state index in [0.29, 0.717) is 22.1 Å². The number of hydrogen-bond donors (Lipinski definition) is 2. The van der Waals surface area contributed by atoms with E-state index in [2.05, 4.69) is 10.6 Å². The summed E-state index contributed by atoms with van der Waals surface area (Å²) >= 11 is 7.66. The second-order valence-electron chi connectivity index (χ2n) is 7.75. The number of carbonyl (C=O) groups excluding carboxylic acids is 2. The third-order valence-electron chi connectivity index (χ3n) is 5.37. The molecule has 0 fully saturated rings. The maximum absolute atomic E-state index is 13.5. The van der Waals surface area contributed by atoms with Crippen molar-refractivity contribution >= 4 is 39.8 Å². The molecule has 0 radical (unpaired) electrons. The van der Waals surface area contributed by atoms with Crippen LogP contribution in [0.1, 0.15) is 34.5 Å². The molecule has 3 aromatic carbocycles. The normalized spacial score (nSPS) is 11.6. The van der Waals surface area contributed by atoms with E-state index in [1.807, 2.05) is 84.9 Å². The van der Waals surface area contributed by atoms with Gasteiger partial charge in [-0.2, -0.15) is 0 Å². The average Bonchev–Trinajstić information content (AvgIpc) is 3.30. The Labute approximate surface area is 213 Å². The summed E-state index contributed by atoms with van der Waals surface area (Å²) in [5.41, 5.74) is 2.98. The summed E-state index contributed by atoms with van der Waals surface area (Å²) in [5, 5.41) is 7.37. The van der Waals surface area contributed by atoms with E-state index < -0.39 is 12.0 Å². The van der Waals surface area contributed by atoms with Gasteiger partial charge in [0.2, 0.25) is 5.91 Å². The number of rotatable bonds is 9. The summed E-state index contributed by atoms with van der Waals surface area (Å²) in [5.74, 6) is -0.753. The number of benzene rings is 3. The average molecular weight is 505 g/mol. The Bertz CT molecular complexity index is 1290. The minimum atomic E-state index is -0.662. The van der Waals surface area contributed by atoms with Gasteiger partial charge >= 0.3 is 5.97 Å². The van der Waals surface area contributed by atoms with E-state index in [-0.39, 0.29) is 12.5 Å². The topological polar surface area (TPSA) is 67.4 Å². The Balaban J connectivity index is 1.63. The van der Waals surface area contributed by atoms with Gasteiger partial charge in [0.05, 0.1) is 12.2 Å². The first-order valence-corrected chi connectivity index (χ1v) is 12.4. The Kier molecular flexibility index (Phi) is 8.32. The highest BCUT2D eigenvalue weighted by atomic mass is 35.5. The molecule has 35 heavy (non-hydrogen) atoms. The van der Waals surface area contributed by atoms with Crippen LogP contribution in [0, 0.1) is 0 Å². The smallest absolute Gasteiger partial charge is 0.341 e. The molecule has 1 heterocycles. The van der Waals surface area contributed by atoms with Crippen molar-refractivity contribution in [3.05, 3.63) is 113 Å². The summed E-state index contributed by atoms with van der Waals surface area (Å²) in [6, 6.07) is 27.8. The molecule has 0 saturated heterocycles. The van der Waals surface area contributed by atoms with Gasteiger partial charge < -0.3 is 10.1 Å². The van der Waals surface area contributed by atoms with Crippen LogP contribution in [0.25, 0.3) is 10.4 Å². The fraction of sp³-hybridized carbons (Fsp3) is 0.143. The summed E-state index contributed by atoms with van der Waals surface area (Å²) in [7, 11) is 0. The molecular formula is C28H25ClN2O3S. The van der Waals surface area contributed by atoms with Crippen molar-refractivity contribution in [2.45, 2.75) is 19.5 Å². The second kappa shape index (κ2) is 11.8. The van der Waals surface area contributed by atoms with Gasteiger partial charge in [0.15, 0.2) is 0 Å². The highest BCUT2D eigenvalue weighted by molar-refractivity contribution is 7.20. The number of halogens is 1. The number of hydrogen-bond acceptors (Lipinski definition) is 5. The van der Waals surface area contributed by atoms with Gasteiger partial charge in [-0.05, 0) is 35.7 Å². The quantitative estimate of drug-likeness (QED) is 0.248. The van der Waals surface area contributed by atoms with E-state index in [0.717, 1.165) is 21.6 Å². The van der Waals surface area contributed by atoms with Crippen molar-refractivity contribution in [3.8, 4) is 10.4 Å². The summed E-state index contributed by atoms with van der Waals surface area (Å²) < 4.78 is 5.25. The molecule has 1 atom stereocenters. The van der Waals surface area contributed by atoms with Crippen LogP contribution in [0.5, 0.6) is 0 Å². The van der Waals surface area contributed by atoms with Crippen molar-refractivity contribution in [3.63, 3.8) is 0 Å². The lowest BCUT2D eigenvalue weighted by molar-refractivity contribution is -0.118. The third-order valence-corrected chi connectivity index (χ3v) is 6.84. The minimum Gasteiger partial charge on any atom is -0.462 e. The van der Waals surface area contributed by atoms with Crippen LogP contribution < -0.4 is 10.6 Å². The molecule has 0 aliphatic carbocycles. The van der Waals surface area contributed by atoms with E-state index in [4.69, 9.17) is 16.3 Å². The molecule has 0 aliphatic rings. The standard InChI is InChI=1S/C28H25ClN2O3S/c1-2-34-28(33)22-17-24(19-11-5-3-6-12-19)35-27(22)31-26(32)25(20-13-7-4-8-14-20)30-18-21-15-9-10-16-23(21)29/h3-17,25,30H,2,18H2,1H3,(H,31,32). The van der Waals surface area contributed by atoms with Crippen LogP contribution in [0.3, 0.4) is 0 Å². The van der Waals surface area contributed by atoms with Gasteiger partial charge in [-0.25, -0.2) is 4.79 Å². The van der Waals surface area contributed by atoms with Crippen LogP contribution >= 0.6 is 22.9 Å². The molecule has 0 aliphatic heterocycles. The lowest BCUT2D eigenvalue weighted by atomic mass is 10.1. The highest BCUT2D eigenvalue weighted by Gasteiger charge is 2.25. The van der Waals surface area contributed by atoms with E-state index >= 15 is 0 Å². The van der Waals surface area contributed by atoms with Gasteiger partial charge in [0.25, 0.3) is 0 Å². The molecule has 4 aromatic rings. The van der Waals surface area contributed by atoms with Gasteiger partial charge in [0, 0.05) is 16.4 Å². The molecule has 1 amide bonds. The van der Waals surface area contributed by atoms with Gasteiger partial charge in [-0.3, -0.25) is 10.1 Å². The number of nitrogens with one attached hydrogen (secondary N) is 2. The molecular weight excluding hydrogens is 480 g/mol.